The third kappa shape index (κ3) is 4.34. The summed E-state index contributed by atoms with van der Waals surface area (Å²) in [5, 5.41) is 0. The van der Waals surface area contributed by atoms with Gasteiger partial charge < -0.3 is 15.5 Å². The van der Waals surface area contributed by atoms with E-state index in [0.29, 0.717) is 18.7 Å². The molecule has 0 spiro atoms. The highest BCUT2D eigenvalue weighted by Gasteiger charge is 2.24. The van der Waals surface area contributed by atoms with E-state index in [1.807, 2.05) is 42.5 Å². The van der Waals surface area contributed by atoms with Gasteiger partial charge in [0.2, 0.25) is 11.8 Å². The van der Waals surface area contributed by atoms with Crippen LogP contribution in [0.5, 0.6) is 0 Å². The smallest absolute Gasteiger partial charge is 0.254 e. The Hall–Kier alpha value is -3.15. The molecule has 6 heteroatoms. The van der Waals surface area contributed by atoms with Gasteiger partial charge in [0.1, 0.15) is 0 Å². The standard InChI is InChI=1S/C21H23N3O3/c1-15(25)24-12-9-17-13-18(7-8-19(17)24)21(27)23(11-10-20(22)26)14-16-5-3-2-4-6-16/h2-8,13H,9-12,14H2,1H3,(H2,22,26). The minimum Gasteiger partial charge on any atom is -0.370 e. The Morgan fingerprint density at radius 1 is 1.11 bits per heavy atom. The van der Waals surface area contributed by atoms with Crippen molar-refractivity contribution in [2.75, 3.05) is 18.0 Å². The molecule has 2 N–H and O–H groups in total. The van der Waals surface area contributed by atoms with Gasteiger partial charge in [-0.1, -0.05) is 30.3 Å². The number of amides is 3. The van der Waals surface area contributed by atoms with E-state index in [1.165, 1.54) is 0 Å². The van der Waals surface area contributed by atoms with Crippen LogP contribution in [-0.4, -0.2) is 35.7 Å². The molecule has 3 rings (SSSR count). The van der Waals surface area contributed by atoms with E-state index in [4.69, 9.17) is 5.73 Å². The molecule has 140 valence electrons. The summed E-state index contributed by atoms with van der Waals surface area (Å²) in [5.41, 5.74) is 8.67. The number of rotatable bonds is 6. The molecule has 0 aliphatic carbocycles. The van der Waals surface area contributed by atoms with E-state index in [9.17, 15) is 14.4 Å². The summed E-state index contributed by atoms with van der Waals surface area (Å²) in [6, 6.07) is 15.0. The van der Waals surface area contributed by atoms with Gasteiger partial charge in [0.15, 0.2) is 0 Å². The number of fused-ring (bicyclic) bond motifs is 1. The minimum absolute atomic E-state index is 0.0000103. The summed E-state index contributed by atoms with van der Waals surface area (Å²) in [6.07, 6.45) is 0.845. The van der Waals surface area contributed by atoms with Gasteiger partial charge in [0.05, 0.1) is 0 Å². The number of nitrogens with two attached hydrogens (primary N) is 1. The molecule has 27 heavy (non-hydrogen) atoms. The zero-order valence-electron chi connectivity index (χ0n) is 15.4. The summed E-state index contributed by atoms with van der Waals surface area (Å²) in [7, 11) is 0. The van der Waals surface area contributed by atoms with Gasteiger partial charge >= 0.3 is 0 Å². The zero-order valence-corrected chi connectivity index (χ0v) is 15.4. The van der Waals surface area contributed by atoms with E-state index < -0.39 is 5.91 Å². The molecule has 1 aliphatic heterocycles. The number of nitrogens with zero attached hydrogens (tertiary/aromatic N) is 2. The van der Waals surface area contributed by atoms with Crippen LogP contribution in [-0.2, 0) is 22.6 Å². The van der Waals surface area contributed by atoms with E-state index in [2.05, 4.69) is 0 Å². The predicted molar refractivity (Wildman–Crippen MR) is 103 cm³/mol. The molecule has 1 aliphatic rings. The number of primary amides is 1. The number of hydrogen-bond donors (Lipinski definition) is 1. The van der Waals surface area contributed by atoms with Crippen molar-refractivity contribution in [2.24, 2.45) is 5.73 Å². The van der Waals surface area contributed by atoms with Crippen LogP contribution < -0.4 is 10.6 Å². The maximum atomic E-state index is 13.1. The maximum absolute atomic E-state index is 13.1. The number of benzene rings is 2. The van der Waals surface area contributed by atoms with Gasteiger partial charge in [0.25, 0.3) is 5.91 Å². The van der Waals surface area contributed by atoms with Crippen LogP contribution in [0.4, 0.5) is 5.69 Å². The monoisotopic (exact) mass is 365 g/mol. The van der Waals surface area contributed by atoms with Crippen LogP contribution in [0.3, 0.4) is 0 Å². The molecule has 0 fully saturated rings. The lowest BCUT2D eigenvalue weighted by Gasteiger charge is -2.23. The van der Waals surface area contributed by atoms with Gasteiger partial charge in [-0.15, -0.1) is 0 Å². The molecule has 6 nitrogen and oxygen atoms in total. The minimum atomic E-state index is -0.438. The van der Waals surface area contributed by atoms with Crippen LogP contribution in [0.25, 0.3) is 0 Å². The summed E-state index contributed by atoms with van der Waals surface area (Å²) in [5.74, 6) is -0.587. The molecule has 2 aromatic rings. The highest BCUT2D eigenvalue weighted by atomic mass is 16.2. The van der Waals surface area contributed by atoms with Crippen LogP contribution >= 0.6 is 0 Å². The zero-order chi connectivity index (χ0) is 19.4. The second-order valence-electron chi connectivity index (χ2n) is 6.69. The Bertz CT molecular complexity index is 864. The van der Waals surface area contributed by atoms with E-state index in [1.54, 1.807) is 22.8 Å². The molecule has 0 saturated heterocycles. The Kier molecular flexibility index (Phi) is 5.54. The third-order valence-corrected chi connectivity index (χ3v) is 4.73. The van der Waals surface area contributed by atoms with Crippen LogP contribution in [0.15, 0.2) is 48.5 Å². The summed E-state index contributed by atoms with van der Waals surface area (Å²) >= 11 is 0. The molecule has 0 aromatic heterocycles. The summed E-state index contributed by atoms with van der Waals surface area (Å²) < 4.78 is 0. The first-order valence-electron chi connectivity index (χ1n) is 8.98. The predicted octanol–water partition coefficient (Wildman–Crippen LogP) is 2.11. The fraction of sp³-hybridized carbons (Fsp3) is 0.286. The van der Waals surface area contributed by atoms with Crippen LogP contribution in [0, 0.1) is 0 Å². The first-order valence-corrected chi connectivity index (χ1v) is 8.98. The van der Waals surface area contributed by atoms with Gasteiger partial charge in [-0.3, -0.25) is 14.4 Å². The van der Waals surface area contributed by atoms with Gasteiger partial charge in [-0.2, -0.15) is 0 Å². The van der Waals surface area contributed by atoms with Crippen molar-refractivity contribution >= 4 is 23.4 Å². The first kappa shape index (κ1) is 18.6. The SMILES string of the molecule is CC(=O)N1CCc2cc(C(=O)N(CCC(N)=O)Cc3ccccc3)ccc21. The molecule has 0 saturated carbocycles. The molecular formula is C21H23N3O3. The summed E-state index contributed by atoms with van der Waals surface area (Å²) in [4.78, 5) is 39.3. The Labute approximate surface area is 158 Å². The lowest BCUT2D eigenvalue weighted by atomic mass is 10.1. The van der Waals surface area contributed by atoms with E-state index >= 15 is 0 Å². The highest BCUT2D eigenvalue weighted by molar-refractivity contribution is 5.98. The van der Waals surface area contributed by atoms with Crippen molar-refractivity contribution in [3.8, 4) is 0 Å². The number of carbonyl (C=O) groups excluding carboxylic acids is 3. The van der Waals surface area contributed by atoms with Gasteiger partial charge in [-0.05, 0) is 35.7 Å². The Balaban J connectivity index is 1.83. The van der Waals surface area contributed by atoms with Crippen molar-refractivity contribution in [1.29, 1.82) is 0 Å². The molecule has 0 unspecified atom stereocenters. The first-order chi connectivity index (χ1) is 13.0. The highest BCUT2D eigenvalue weighted by Crippen LogP contribution is 2.29. The lowest BCUT2D eigenvalue weighted by molar-refractivity contribution is -0.118. The largest absolute Gasteiger partial charge is 0.370 e. The van der Waals surface area contributed by atoms with Gasteiger partial charge in [-0.25, -0.2) is 0 Å². The average Bonchev–Trinajstić information content (AvgIpc) is 3.08. The van der Waals surface area contributed by atoms with Crippen molar-refractivity contribution < 1.29 is 14.4 Å². The molecule has 0 bridgehead atoms. The van der Waals surface area contributed by atoms with Crippen molar-refractivity contribution in [1.82, 2.24) is 4.90 Å². The molecule has 0 radical (unpaired) electrons. The molecule has 0 atom stereocenters. The fourth-order valence-corrected chi connectivity index (χ4v) is 3.35. The third-order valence-electron chi connectivity index (χ3n) is 4.73. The Morgan fingerprint density at radius 2 is 1.85 bits per heavy atom. The molecule has 1 heterocycles. The van der Waals surface area contributed by atoms with Crippen LogP contribution in [0.1, 0.15) is 34.8 Å². The normalized spacial score (nSPS) is 12.6. The quantitative estimate of drug-likeness (QED) is 0.851. The second-order valence-corrected chi connectivity index (χ2v) is 6.69. The maximum Gasteiger partial charge on any atom is 0.254 e. The number of anilines is 1. The fourth-order valence-electron chi connectivity index (χ4n) is 3.35. The number of hydrogen-bond acceptors (Lipinski definition) is 3. The molecule has 3 amide bonds. The number of carbonyl (C=O) groups is 3. The summed E-state index contributed by atoms with van der Waals surface area (Å²) in [6.45, 7) is 2.85. The van der Waals surface area contributed by atoms with E-state index in [0.717, 1.165) is 23.2 Å². The topological polar surface area (TPSA) is 83.7 Å². The Morgan fingerprint density at radius 3 is 2.52 bits per heavy atom. The molecule has 2 aromatic carbocycles. The molecular weight excluding hydrogens is 342 g/mol. The second kappa shape index (κ2) is 8.03. The van der Waals surface area contributed by atoms with Crippen molar-refractivity contribution in [3.63, 3.8) is 0 Å². The lowest BCUT2D eigenvalue weighted by Crippen LogP contribution is -2.33. The van der Waals surface area contributed by atoms with Crippen molar-refractivity contribution in [2.45, 2.75) is 26.3 Å². The van der Waals surface area contributed by atoms with Crippen LogP contribution in [0.2, 0.25) is 0 Å². The van der Waals surface area contributed by atoms with E-state index in [-0.39, 0.29) is 24.8 Å². The van der Waals surface area contributed by atoms with Gasteiger partial charge in [0, 0.05) is 44.2 Å². The average molecular weight is 365 g/mol. The van der Waals surface area contributed by atoms with Crippen molar-refractivity contribution in [3.05, 3.63) is 65.2 Å².